The van der Waals surface area contributed by atoms with Crippen LogP contribution in [0.15, 0.2) is 35.8 Å². The smallest absolute Gasteiger partial charge is 0.243 e. The van der Waals surface area contributed by atoms with Gasteiger partial charge in [0.2, 0.25) is 5.91 Å². The zero-order valence-electron chi connectivity index (χ0n) is 15.3. The Balaban J connectivity index is 1.26. The second-order valence-corrected chi connectivity index (χ2v) is 8.66. The monoisotopic (exact) mass is 404 g/mol. The Hall–Kier alpha value is -1.63. The van der Waals surface area contributed by atoms with Crippen molar-refractivity contribution in [3.05, 3.63) is 46.4 Å². The molecule has 2 aliphatic heterocycles. The van der Waals surface area contributed by atoms with Gasteiger partial charge in [-0.25, -0.2) is 4.98 Å². The van der Waals surface area contributed by atoms with Crippen molar-refractivity contribution in [1.29, 1.82) is 0 Å². The number of rotatable bonds is 5. The maximum atomic E-state index is 12.8. The molecule has 2 saturated heterocycles. The van der Waals surface area contributed by atoms with Crippen LogP contribution in [-0.2, 0) is 11.3 Å². The number of carbonyl (C=O) groups excluding carboxylic acids is 1. The SMILES string of the molecule is O=C(NC1CCN(Cc2ccc(Cl)cc2)CC1)C1CCCN1c1nccs1. The molecule has 1 atom stereocenters. The molecule has 2 aromatic rings. The van der Waals surface area contributed by atoms with Gasteiger partial charge in [-0.15, -0.1) is 11.3 Å². The fourth-order valence-corrected chi connectivity index (χ4v) is 4.85. The molecule has 2 fully saturated rings. The van der Waals surface area contributed by atoms with Gasteiger partial charge in [0.15, 0.2) is 5.13 Å². The summed E-state index contributed by atoms with van der Waals surface area (Å²) in [6, 6.07) is 8.27. The summed E-state index contributed by atoms with van der Waals surface area (Å²) in [6.45, 7) is 3.88. The summed E-state index contributed by atoms with van der Waals surface area (Å²) in [5, 5.41) is 7.01. The van der Waals surface area contributed by atoms with E-state index in [0.717, 1.165) is 62.0 Å². The van der Waals surface area contributed by atoms with Crippen LogP contribution in [0.5, 0.6) is 0 Å². The van der Waals surface area contributed by atoms with Crippen LogP contribution >= 0.6 is 22.9 Å². The van der Waals surface area contributed by atoms with Crippen molar-refractivity contribution in [2.45, 2.75) is 44.3 Å². The van der Waals surface area contributed by atoms with Crippen molar-refractivity contribution in [2.24, 2.45) is 0 Å². The van der Waals surface area contributed by atoms with E-state index in [4.69, 9.17) is 11.6 Å². The standard InChI is InChI=1S/C20H25ClN4OS/c21-16-5-3-15(4-6-16)14-24-11-7-17(8-12-24)23-19(26)18-2-1-10-25(18)20-22-9-13-27-20/h3-6,9,13,17-18H,1-2,7-8,10-12,14H2,(H,23,26). The highest BCUT2D eigenvalue weighted by Gasteiger charge is 2.33. The van der Waals surface area contributed by atoms with Crippen molar-refractivity contribution in [3.8, 4) is 0 Å². The van der Waals surface area contributed by atoms with Gasteiger partial charge in [-0.05, 0) is 43.4 Å². The van der Waals surface area contributed by atoms with E-state index in [9.17, 15) is 4.79 Å². The highest BCUT2D eigenvalue weighted by molar-refractivity contribution is 7.13. The first-order valence-corrected chi connectivity index (χ1v) is 10.9. The fourth-order valence-electron chi connectivity index (χ4n) is 4.01. The van der Waals surface area contributed by atoms with Crippen LogP contribution in [0.4, 0.5) is 5.13 Å². The molecule has 0 saturated carbocycles. The number of thiazole rings is 1. The van der Waals surface area contributed by atoms with E-state index in [-0.39, 0.29) is 18.0 Å². The second kappa shape index (κ2) is 8.59. The van der Waals surface area contributed by atoms with Crippen LogP contribution in [0.1, 0.15) is 31.2 Å². The van der Waals surface area contributed by atoms with E-state index in [0.29, 0.717) is 0 Å². The lowest BCUT2D eigenvalue weighted by molar-refractivity contribution is -0.123. The van der Waals surface area contributed by atoms with Gasteiger partial charge in [0.25, 0.3) is 0 Å². The number of nitrogens with zero attached hydrogens (tertiary/aromatic N) is 3. The average molecular weight is 405 g/mol. The van der Waals surface area contributed by atoms with Gasteiger partial charge in [-0.3, -0.25) is 9.69 Å². The first-order chi connectivity index (χ1) is 13.2. The first kappa shape index (κ1) is 18.7. The maximum absolute atomic E-state index is 12.8. The van der Waals surface area contributed by atoms with Gasteiger partial charge >= 0.3 is 0 Å². The minimum atomic E-state index is -0.0664. The second-order valence-electron chi connectivity index (χ2n) is 7.35. The van der Waals surface area contributed by atoms with Crippen molar-refractivity contribution >= 4 is 34.0 Å². The zero-order valence-corrected chi connectivity index (χ0v) is 16.9. The van der Waals surface area contributed by atoms with Crippen LogP contribution in [-0.4, -0.2) is 47.5 Å². The summed E-state index contributed by atoms with van der Waals surface area (Å²) in [4.78, 5) is 21.8. The quantitative estimate of drug-likeness (QED) is 0.827. The Labute approximate surface area is 169 Å². The van der Waals surface area contributed by atoms with Crippen LogP contribution in [0, 0.1) is 0 Å². The maximum Gasteiger partial charge on any atom is 0.243 e. The predicted molar refractivity (Wildman–Crippen MR) is 110 cm³/mol. The molecule has 1 aromatic heterocycles. The fraction of sp³-hybridized carbons (Fsp3) is 0.500. The molecule has 1 N–H and O–H groups in total. The number of amides is 1. The highest BCUT2D eigenvalue weighted by atomic mass is 35.5. The lowest BCUT2D eigenvalue weighted by Gasteiger charge is -2.33. The molecule has 5 nitrogen and oxygen atoms in total. The normalized spacial score (nSPS) is 21.5. The van der Waals surface area contributed by atoms with Gasteiger partial charge in [0.1, 0.15) is 6.04 Å². The summed E-state index contributed by atoms with van der Waals surface area (Å²) in [6.07, 6.45) is 5.79. The predicted octanol–water partition coefficient (Wildman–Crippen LogP) is 3.55. The Morgan fingerprint density at radius 1 is 1.19 bits per heavy atom. The number of halogens is 1. The third kappa shape index (κ3) is 4.62. The molecule has 0 spiro atoms. The van der Waals surface area contributed by atoms with Gasteiger partial charge in [0.05, 0.1) is 0 Å². The number of hydrogen-bond acceptors (Lipinski definition) is 5. The van der Waals surface area contributed by atoms with Crippen LogP contribution in [0.2, 0.25) is 5.02 Å². The summed E-state index contributed by atoms with van der Waals surface area (Å²) in [7, 11) is 0. The molecule has 0 bridgehead atoms. The molecule has 4 rings (SSSR count). The van der Waals surface area contributed by atoms with Gasteiger partial charge < -0.3 is 10.2 Å². The summed E-state index contributed by atoms with van der Waals surface area (Å²) in [5.41, 5.74) is 1.28. The lowest BCUT2D eigenvalue weighted by Crippen LogP contribution is -2.50. The van der Waals surface area contributed by atoms with E-state index in [2.05, 4.69) is 32.2 Å². The molecule has 0 radical (unpaired) electrons. The van der Waals surface area contributed by atoms with Crippen LogP contribution in [0.25, 0.3) is 0 Å². The van der Waals surface area contributed by atoms with Gasteiger partial charge in [-0.2, -0.15) is 0 Å². The minimum Gasteiger partial charge on any atom is -0.351 e. The third-order valence-electron chi connectivity index (χ3n) is 5.47. The Morgan fingerprint density at radius 3 is 2.67 bits per heavy atom. The number of anilines is 1. The van der Waals surface area contributed by atoms with Crippen LogP contribution < -0.4 is 10.2 Å². The lowest BCUT2D eigenvalue weighted by atomic mass is 10.0. The molecular formula is C20H25ClN4OS. The average Bonchev–Trinajstić information content (AvgIpc) is 3.36. The zero-order chi connectivity index (χ0) is 18.6. The topological polar surface area (TPSA) is 48.5 Å². The Kier molecular flexibility index (Phi) is 5.95. The molecule has 1 aromatic carbocycles. The van der Waals surface area contributed by atoms with Crippen LogP contribution in [0.3, 0.4) is 0 Å². The van der Waals surface area contributed by atoms with E-state index in [1.54, 1.807) is 11.3 Å². The minimum absolute atomic E-state index is 0.0664. The number of piperidine rings is 1. The Bertz CT molecular complexity index is 744. The van der Waals surface area contributed by atoms with Crippen molar-refractivity contribution in [1.82, 2.24) is 15.2 Å². The number of hydrogen-bond donors (Lipinski definition) is 1. The molecule has 2 aliphatic rings. The summed E-state index contributed by atoms with van der Waals surface area (Å²) < 4.78 is 0. The molecule has 1 amide bonds. The molecule has 0 aliphatic carbocycles. The highest BCUT2D eigenvalue weighted by Crippen LogP contribution is 2.27. The van der Waals surface area contributed by atoms with E-state index in [1.807, 2.05) is 23.7 Å². The van der Waals surface area contributed by atoms with Crippen molar-refractivity contribution in [3.63, 3.8) is 0 Å². The molecule has 144 valence electrons. The Morgan fingerprint density at radius 2 is 1.96 bits per heavy atom. The summed E-state index contributed by atoms with van der Waals surface area (Å²) >= 11 is 7.57. The number of likely N-dealkylation sites (tertiary alicyclic amines) is 1. The summed E-state index contributed by atoms with van der Waals surface area (Å²) in [5.74, 6) is 0.166. The molecule has 3 heterocycles. The number of carbonyl (C=O) groups is 1. The number of benzene rings is 1. The van der Waals surface area contributed by atoms with E-state index >= 15 is 0 Å². The largest absolute Gasteiger partial charge is 0.351 e. The van der Waals surface area contributed by atoms with E-state index < -0.39 is 0 Å². The number of aromatic nitrogens is 1. The van der Waals surface area contributed by atoms with Gasteiger partial charge in [0, 0.05) is 48.8 Å². The first-order valence-electron chi connectivity index (χ1n) is 9.62. The molecule has 1 unspecified atom stereocenters. The molecule has 27 heavy (non-hydrogen) atoms. The van der Waals surface area contributed by atoms with Crippen molar-refractivity contribution in [2.75, 3.05) is 24.5 Å². The number of nitrogens with one attached hydrogen (secondary N) is 1. The molecular weight excluding hydrogens is 380 g/mol. The molecule has 7 heteroatoms. The third-order valence-corrected chi connectivity index (χ3v) is 6.53. The van der Waals surface area contributed by atoms with Gasteiger partial charge in [-0.1, -0.05) is 23.7 Å². The van der Waals surface area contributed by atoms with Crippen molar-refractivity contribution < 1.29 is 4.79 Å². The van der Waals surface area contributed by atoms with E-state index in [1.165, 1.54) is 5.56 Å².